The van der Waals surface area contributed by atoms with Crippen molar-refractivity contribution in [2.24, 2.45) is 0 Å². The molecule has 1 nitrogen and oxygen atoms in total. The van der Waals surface area contributed by atoms with Gasteiger partial charge >= 0.3 is 0 Å². The van der Waals surface area contributed by atoms with E-state index in [1.165, 1.54) is 22.1 Å². The summed E-state index contributed by atoms with van der Waals surface area (Å²) in [7, 11) is 0. The van der Waals surface area contributed by atoms with Crippen molar-refractivity contribution in [1.82, 2.24) is 5.32 Å². The highest BCUT2D eigenvalue weighted by molar-refractivity contribution is 7.99. The summed E-state index contributed by atoms with van der Waals surface area (Å²) in [5.74, 6) is -0.178. The van der Waals surface area contributed by atoms with E-state index in [1.54, 1.807) is 17.8 Å². The van der Waals surface area contributed by atoms with Gasteiger partial charge in [0.2, 0.25) is 0 Å². The van der Waals surface area contributed by atoms with Crippen LogP contribution in [0.1, 0.15) is 23.6 Å². The second kappa shape index (κ2) is 6.91. The Hall–Kier alpha value is -1.32. The van der Waals surface area contributed by atoms with Crippen LogP contribution in [0.3, 0.4) is 0 Å². The van der Waals surface area contributed by atoms with Gasteiger partial charge in [0.05, 0.1) is 0 Å². The molecular weight excluding hydrogens is 269 g/mol. The molecule has 0 atom stereocenters. The zero-order valence-electron chi connectivity index (χ0n) is 12.2. The van der Waals surface area contributed by atoms with Crippen LogP contribution in [0.2, 0.25) is 0 Å². The van der Waals surface area contributed by atoms with Gasteiger partial charge in [0.1, 0.15) is 5.82 Å². The molecule has 2 rings (SSSR count). The van der Waals surface area contributed by atoms with Gasteiger partial charge < -0.3 is 5.32 Å². The zero-order chi connectivity index (χ0) is 14.5. The van der Waals surface area contributed by atoms with Crippen molar-refractivity contribution in [3.05, 3.63) is 58.9 Å². The zero-order valence-corrected chi connectivity index (χ0v) is 13.0. The lowest BCUT2D eigenvalue weighted by Crippen LogP contribution is -2.12. The predicted molar refractivity (Wildman–Crippen MR) is 83.8 cm³/mol. The van der Waals surface area contributed by atoms with E-state index in [-0.39, 0.29) is 5.82 Å². The number of halogens is 1. The first-order chi connectivity index (χ1) is 9.60. The van der Waals surface area contributed by atoms with E-state index < -0.39 is 0 Å². The van der Waals surface area contributed by atoms with E-state index >= 15 is 0 Å². The first-order valence-electron chi connectivity index (χ1n) is 6.84. The Morgan fingerprint density at radius 2 is 1.85 bits per heavy atom. The average Bonchev–Trinajstić information content (AvgIpc) is 2.43. The molecule has 0 spiro atoms. The van der Waals surface area contributed by atoms with Crippen LogP contribution in [0.25, 0.3) is 0 Å². The van der Waals surface area contributed by atoms with Crippen molar-refractivity contribution < 1.29 is 4.39 Å². The Balaban J connectivity index is 2.25. The van der Waals surface area contributed by atoms with Gasteiger partial charge in [-0.1, -0.05) is 24.8 Å². The summed E-state index contributed by atoms with van der Waals surface area (Å²) in [6.45, 7) is 7.85. The van der Waals surface area contributed by atoms with E-state index in [4.69, 9.17) is 0 Å². The summed E-state index contributed by atoms with van der Waals surface area (Å²) < 4.78 is 13.4. The standard InChI is InChI=1S/C17H20FNS/c1-4-19-11-14-10-15(18)6-8-17(14)20-16-7-5-12(2)13(3)9-16/h5-10,19H,4,11H2,1-3H3. The molecule has 0 aliphatic rings. The molecule has 0 bridgehead atoms. The molecule has 0 aliphatic heterocycles. The molecule has 1 N–H and O–H groups in total. The monoisotopic (exact) mass is 289 g/mol. The molecule has 0 unspecified atom stereocenters. The highest BCUT2D eigenvalue weighted by Gasteiger charge is 2.06. The molecule has 2 aromatic carbocycles. The molecule has 106 valence electrons. The maximum Gasteiger partial charge on any atom is 0.123 e. The van der Waals surface area contributed by atoms with Gasteiger partial charge in [-0.05, 0) is 67.4 Å². The summed E-state index contributed by atoms with van der Waals surface area (Å²) in [6, 6.07) is 11.4. The normalized spacial score (nSPS) is 10.8. The number of hydrogen-bond donors (Lipinski definition) is 1. The van der Waals surface area contributed by atoms with Crippen LogP contribution in [0.4, 0.5) is 4.39 Å². The topological polar surface area (TPSA) is 12.0 Å². The highest BCUT2D eigenvalue weighted by atomic mass is 32.2. The van der Waals surface area contributed by atoms with Crippen molar-refractivity contribution in [3.63, 3.8) is 0 Å². The lowest BCUT2D eigenvalue weighted by molar-refractivity contribution is 0.619. The molecule has 0 radical (unpaired) electrons. The van der Waals surface area contributed by atoms with Crippen LogP contribution in [-0.4, -0.2) is 6.54 Å². The predicted octanol–water partition coefficient (Wildman–Crippen LogP) is 4.70. The summed E-state index contributed by atoms with van der Waals surface area (Å²) in [4.78, 5) is 2.30. The molecule has 0 saturated heterocycles. The molecular formula is C17H20FNS. The maximum absolute atomic E-state index is 13.4. The van der Waals surface area contributed by atoms with Crippen LogP contribution in [0, 0.1) is 19.7 Å². The molecule has 20 heavy (non-hydrogen) atoms. The third-order valence-electron chi connectivity index (χ3n) is 3.29. The largest absolute Gasteiger partial charge is 0.313 e. The fourth-order valence-electron chi connectivity index (χ4n) is 1.95. The fraction of sp³-hybridized carbons (Fsp3) is 0.294. The molecule has 0 fully saturated rings. The van der Waals surface area contributed by atoms with Crippen LogP contribution in [0.5, 0.6) is 0 Å². The van der Waals surface area contributed by atoms with Crippen molar-refractivity contribution in [3.8, 4) is 0 Å². The number of aryl methyl sites for hydroxylation is 2. The third-order valence-corrected chi connectivity index (χ3v) is 4.40. The van der Waals surface area contributed by atoms with E-state index in [0.717, 1.165) is 17.0 Å². The minimum atomic E-state index is -0.178. The Morgan fingerprint density at radius 1 is 1.05 bits per heavy atom. The van der Waals surface area contributed by atoms with Gasteiger partial charge in [-0.2, -0.15) is 0 Å². The third kappa shape index (κ3) is 3.84. The fourth-order valence-corrected chi connectivity index (χ4v) is 2.97. The molecule has 3 heteroatoms. The van der Waals surface area contributed by atoms with Gasteiger partial charge in [0.25, 0.3) is 0 Å². The average molecular weight is 289 g/mol. The first kappa shape index (κ1) is 15.1. The smallest absolute Gasteiger partial charge is 0.123 e. The lowest BCUT2D eigenvalue weighted by atomic mass is 10.1. The molecule has 0 saturated carbocycles. The lowest BCUT2D eigenvalue weighted by Gasteiger charge is -2.11. The second-order valence-corrected chi connectivity index (χ2v) is 6.00. The van der Waals surface area contributed by atoms with Crippen molar-refractivity contribution in [2.45, 2.75) is 37.1 Å². The first-order valence-corrected chi connectivity index (χ1v) is 7.66. The molecule has 0 heterocycles. The minimum Gasteiger partial charge on any atom is -0.313 e. The van der Waals surface area contributed by atoms with E-state index in [1.807, 2.05) is 6.07 Å². The van der Waals surface area contributed by atoms with E-state index in [0.29, 0.717) is 6.54 Å². The Morgan fingerprint density at radius 3 is 2.55 bits per heavy atom. The van der Waals surface area contributed by atoms with Crippen LogP contribution < -0.4 is 5.32 Å². The van der Waals surface area contributed by atoms with Crippen molar-refractivity contribution in [1.29, 1.82) is 0 Å². The summed E-state index contributed by atoms with van der Waals surface area (Å²) >= 11 is 1.69. The van der Waals surface area contributed by atoms with Crippen LogP contribution in [-0.2, 0) is 6.54 Å². The van der Waals surface area contributed by atoms with Gasteiger partial charge in [0.15, 0.2) is 0 Å². The Bertz CT molecular complexity index is 596. The molecule has 0 aromatic heterocycles. The number of nitrogens with one attached hydrogen (secondary N) is 1. The van der Waals surface area contributed by atoms with Gasteiger partial charge in [0, 0.05) is 16.3 Å². The quantitative estimate of drug-likeness (QED) is 0.856. The number of rotatable bonds is 5. The molecule has 0 amide bonds. The van der Waals surface area contributed by atoms with Gasteiger partial charge in [-0.15, -0.1) is 0 Å². The van der Waals surface area contributed by atoms with Crippen molar-refractivity contribution in [2.75, 3.05) is 6.54 Å². The molecule has 0 aliphatic carbocycles. The van der Waals surface area contributed by atoms with E-state index in [9.17, 15) is 4.39 Å². The van der Waals surface area contributed by atoms with Gasteiger partial charge in [-0.3, -0.25) is 0 Å². The number of hydrogen-bond acceptors (Lipinski definition) is 2. The summed E-state index contributed by atoms with van der Waals surface area (Å²) in [5, 5.41) is 3.26. The summed E-state index contributed by atoms with van der Waals surface area (Å²) in [6.07, 6.45) is 0. The minimum absolute atomic E-state index is 0.178. The van der Waals surface area contributed by atoms with Gasteiger partial charge in [-0.25, -0.2) is 4.39 Å². The highest BCUT2D eigenvalue weighted by Crippen LogP contribution is 2.32. The molecule has 2 aromatic rings. The Kier molecular flexibility index (Phi) is 5.21. The Labute approximate surface area is 124 Å². The van der Waals surface area contributed by atoms with Crippen LogP contribution >= 0.6 is 11.8 Å². The number of benzene rings is 2. The second-order valence-electron chi connectivity index (χ2n) is 4.88. The SMILES string of the molecule is CCNCc1cc(F)ccc1Sc1ccc(C)c(C)c1. The van der Waals surface area contributed by atoms with Crippen LogP contribution in [0.15, 0.2) is 46.2 Å². The maximum atomic E-state index is 13.4. The van der Waals surface area contributed by atoms with Crippen molar-refractivity contribution >= 4 is 11.8 Å². The summed E-state index contributed by atoms with van der Waals surface area (Å²) in [5.41, 5.74) is 3.58. The van der Waals surface area contributed by atoms with E-state index in [2.05, 4.69) is 44.3 Å².